The van der Waals surface area contributed by atoms with Crippen LogP contribution in [0.25, 0.3) is 0 Å². The minimum atomic E-state index is -0.263. The number of nitrogens with zero attached hydrogens (tertiary/aromatic N) is 2. The maximum Gasteiger partial charge on any atom is 0.290 e. The second kappa shape index (κ2) is 9.98. The van der Waals surface area contributed by atoms with Gasteiger partial charge in [-0.1, -0.05) is 41.0 Å². The Labute approximate surface area is 187 Å². The molecule has 1 aromatic heterocycles. The summed E-state index contributed by atoms with van der Waals surface area (Å²) in [5, 5.41) is 7.83. The van der Waals surface area contributed by atoms with Crippen molar-refractivity contribution in [1.82, 2.24) is 15.4 Å². The van der Waals surface area contributed by atoms with E-state index in [1.807, 2.05) is 42.5 Å². The molecular formula is C24H26ClN3O3. The molecule has 0 radical (unpaired) electrons. The zero-order valence-electron chi connectivity index (χ0n) is 17.5. The quantitative estimate of drug-likeness (QED) is 0.580. The summed E-state index contributed by atoms with van der Waals surface area (Å²) in [6.07, 6.45) is 2.11. The third kappa shape index (κ3) is 5.66. The van der Waals surface area contributed by atoms with Crippen LogP contribution in [-0.4, -0.2) is 36.2 Å². The van der Waals surface area contributed by atoms with Crippen molar-refractivity contribution in [1.29, 1.82) is 0 Å². The number of benzene rings is 2. The van der Waals surface area contributed by atoms with Crippen molar-refractivity contribution in [2.45, 2.75) is 31.8 Å². The second-order valence-electron chi connectivity index (χ2n) is 7.85. The predicted octanol–water partition coefficient (Wildman–Crippen LogP) is 4.65. The monoisotopic (exact) mass is 439 g/mol. The van der Waals surface area contributed by atoms with Gasteiger partial charge in [-0.2, -0.15) is 0 Å². The molecule has 162 valence electrons. The van der Waals surface area contributed by atoms with Gasteiger partial charge in [-0.15, -0.1) is 0 Å². The molecule has 3 aromatic rings. The molecule has 7 heteroatoms. The summed E-state index contributed by atoms with van der Waals surface area (Å²) in [4.78, 5) is 14.9. The van der Waals surface area contributed by atoms with E-state index < -0.39 is 0 Å². The summed E-state index contributed by atoms with van der Waals surface area (Å²) in [6, 6.07) is 17.3. The van der Waals surface area contributed by atoms with Crippen LogP contribution >= 0.6 is 11.6 Å². The Balaban J connectivity index is 1.33. The van der Waals surface area contributed by atoms with Gasteiger partial charge in [0.2, 0.25) is 5.76 Å². The summed E-state index contributed by atoms with van der Waals surface area (Å²) < 4.78 is 10.5. The van der Waals surface area contributed by atoms with E-state index in [4.69, 9.17) is 20.9 Å². The lowest BCUT2D eigenvalue weighted by Gasteiger charge is -2.31. The first-order valence-electron chi connectivity index (χ1n) is 10.5. The number of halogens is 1. The van der Waals surface area contributed by atoms with Gasteiger partial charge in [0, 0.05) is 36.6 Å². The molecule has 2 aromatic carbocycles. The number of amides is 1. The number of hydrogen-bond donors (Lipinski definition) is 1. The number of aromatic nitrogens is 1. The Hall–Kier alpha value is -2.83. The minimum Gasteiger partial charge on any atom is -0.497 e. The fourth-order valence-electron chi connectivity index (χ4n) is 3.94. The Morgan fingerprint density at radius 3 is 2.84 bits per heavy atom. The number of ether oxygens (including phenoxy) is 1. The molecule has 6 nitrogen and oxygen atoms in total. The van der Waals surface area contributed by atoms with Crippen molar-refractivity contribution < 1.29 is 14.1 Å². The van der Waals surface area contributed by atoms with Crippen LogP contribution < -0.4 is 10.1 Å². The van der Waals surface area contributed by atoms with E-state index in [0.717, 1.165) is 54.5 Å². The highest BCUT2D eigenvalue weighted by atomic mass is 35.5. The number of carbonyl (C=O) groups excluding carboxylic acids is 1. The normalized spacial score (nSPS) is 16.8. The van der Waals surface area contributed by atoms with E-state index in [1.165, 1.54) is 5.56 Å². The molecule has 1 saturated heterocycles. The molecule has 1 atom stereocenters. The first kappa shape index (κ1) is 21.4. The van der Waals surface area contributed by atoms with Gasteiger partial charge < -0.3 is 14.6 Å². The molecule has 1 aliphatic rings. The van der Waals surface area contributed by atoms with Crippen LogP contribution in [0.5, 0.6) is 5.75 Å². The standard InChI is InChI=1S/C24H26ClN3O3/c1-30-21-9-7-17(8-10-21)14-26-24(29)23-13-22(27-31-23)19-5-3-11-28(16-19)15-18-4-2-6-20(25)12-18/h2,4,6-10,12-13,19H,3,5,11,14-16H2,1H3,(H,26,29)/t19-/m0/s1. The number of hydrogen-bond acceptors (Lipinski definition) is 5. The highest BCUT2D eigenvalue weighted by molar-refractivity contribution is 6.30. The number of rotatable bonds is 7. The molecular weight excluding hydrogens is 414 g/mol. The van der Waals surface area contributed by atoms with Crippen LogP contribution in [0.3, 0.4) is 0 Å². The number of likely N-dealkylation sites (tertiary alicyclic amines) is 1. The second-order valence-corrected chi connectivity index (χ2v) is 8.29. The van der Waals surface area contributed by atoms with Crippen LogP contribution in [0.2, 0.25) is 5.02 Å². The van der Waals surface area contributed by atoms with Gasteiger partial charge in [0.15, 0.2) is 0 Å². The summed E-state index contributed by atoms with van der Waals surface area (Å²) in [5.41, 5.74) is 3.02. The molecule has 4 rings (SSSR count). The average molecular weight is 440 g/mol. The molecule has 2 heterocycles. The first-order chi connectivity index (χ1) is 15.1. The van der Waals surface area contributed by atoms with Crippen LogP contribution in [0, 0.1) is 0 Å². The minimum absolute atomic E-state index is 0.246. The molecule has 1 amide bonds. The van der Waals surface area contributed by atoms with Gasteiger partial charge in [0.25, 0.3) is 5.91 Å². The SMILES string of the molecule is COc1ccc(CNC(=O)c2cc([C@H]3CCCN(Cc4cccc(Cl)c4)C3)no2)cc1. The van der Waals surface area contributed by atoms with Crippen molar-refractivity contribution in [2.24, 2.45) is 0 Å². The van der Waals surface area contributed by atoms with Crippen molar-refractivity contribution in [3.8, 4) is 5.75 Å². The smallest absolute Gasteiger partial charge is 0.290 e. The maximum absolute atomic E-state index is 12.5. The highest BCUT2D eigenvalue weighted by Gasteiger charge is 2.25. The fourth-order valence-corrected chi connectivity index (χ4v) is 4.15. The first-order valence-corrected chi connectivity index (χ1v) is 10.8. The van der Waals surface area contributed by atoms with Crippen LogP contribution in [0.1, 0.15) is 46.1 Å². The van der Waals surface area contributed by atoms with E-state index in [-0.39, 0.29) is 17.6 Å². The van der Waals surface area contributed by atoms with E-state index >= 15 is 0 Å². The molecule has 0 unspecified atom stereocenters. The van der Waals surface area contributed by atoms with Crippen molar-refractivity contribution >= 4 is 17.5 Å². The van der Waals surface area contributed by atoms with Gasteiger partial charge in [0.05, 0.1) is 12.8 Å². The van der Waals surface area contributed by atoms with Gasteiger partial charge >= 0.3 is 0 Å². The van der Waals surface area contributed by atoms with Crippen molar-refractivity contribution in [3.05, 3.63) is 82.2 Å². The molecule has 0 bridgehead atoms. The number of nitrogens with one attached hydrogen (secondary N) is 1. The lowest BCUT2D eigenvalue weighted by molar-refractivity contribution is 0.0913. The predicted molar refractivity (Wildman–Crippen MR) is 119 cm³/mol. The highest BCUT2D eigenvalue weighted by Crippen LogP contribution is 2.28. The summed E-state index contributed by atoms with van der Waals surface area (Å²) in [6.45, 7) is 3.18. The molecule has 0 aliphatic carbocycles. The van der Waals surface area contributed by atoms with Gasteiger partial charge in [-0.3, -0.25) is 9.69 Å². The Bertz CT molecular complexity index is 1020. The van der Waals surface area contributed by atoms with E-state index in [0.29, 0.717) is 6.54 Å². The number of carbonyl (C=O) groups is 1. The molecule has 1 aliphatic heterocycles. The van der Waals surface area contributed by atoms with Crippen molar-refractivity contribution in [2.75, 3.05) is 20.2 Å². The van der Waals surface area contributed by atoms with Crippen LogP contribution in [-0.2, 0) is 13.1 Å². The van der Waals surface area contributed by atoms with E-state index in [9.17, 15) is 4.79 Å². The van der Waals surface area contributed by atoms with Crippen LogP contribution in [0.4, 0.5) is 0 Å². The third-order valence-electron chi connectivity index (χ3n) is 5.58. The van der Waals surface area contributed by atoms with Gasteiger partial charge in [-0.05, 0) is 54.8 Å². The average Bonchev–Trinajstić information content (AvgIpc) is 3.29. The number of piperidine rings is 1. The summed E-state index contributed by atoms with van der Waals surface area (Å²) in [7, 11) is 1.63. The molecule has 0 spiro atoms. The molecule has 0 saturated carbocycles. The summed E-state index contributed by atoms with van der Waals surface area (Å²) >= 11 is 6.11. The Kier molecular flexibility index (Phi) is 6.89. The summed E-state index contributed by atoms with van der Waals surface area (Å²) in [5.74, 6) is 1.02. The zero-order valence-corrected chi connectivity index (χ0v) is 18.3. The maximum atomic E-state index is 12.5. The Morgan fingerprint density at radius 2 is 2.06 bits per heavy atom. The molecule has 1 N–H and O–H groups in total. The lowest BCUT2D eigenvalue weighted by atomic mass is 9.94. The van der Waals surface area contributed by atoms with Crippen LogP contribution in [0.15, 0.2) is 59.1 Å². The van der Waals surface area contributed by atoms with E-state index in [2.05, 4.69) is 21.4 Å². The van der Waals surface area contributed by atoms with E-state index in [1.54, 1.807) is 13.2 Å². The van der Waals surface area contributed by atoms with Gasteiger partial charge in [0.1, 0.15) is 5.75 Å². The largest absolute Gasteiger partial charge is 0.497 e. The zero-order chi connectivity index (χ0) is 21.6. The molecule has 31 heavy (non-hydrogen) atoms. The van der Waals surface area contributed by atoms with Gasteiger partial charge in [-0.25, -0.2) is 0 Å². The lowest BCUT2D eigenvalue weighted by Crippen LogP contribution is -2.34. The third-order valence-corrected chi connectivity index (χ3v) is 5.82. The topological polar surface area (TPSA) is 67.6 Å². The fraction of sp³-hybridized carbons (Fsp3) is 0.333. The van der Waals surface area contributed by atoms with Crippen molar-refractivity contribution in [3.63, 3.8) is 0 Å². The molecule has 1 fully saturated rings. The Morgan fingerprint density at radius 1 is 1.23 bits per heavy atom. The number of methoxy groups -OCH3 is 1.